The summed E-state index contributed by atoms with van der Waals surface area (Å²) in [5.41, 5.74) is 0. The summed E-state index contributed by atoms with van der Waals surface area (Å²) in [5.74, 6) is -0.385. The molecule has 6 nitrogen and oxygen atoms in total. The van der Waals surface area contributed by atoms with Crippen molar-refractivity contribution in [3.8, 4) is 0 Å². The average molecular weight is 451 g/mol. The van der Waals surface area contributed by atoms with Crippen LogP contribution in [0.4, 0.5) is 0 Å². The number of thiophene rings is 1. The number of unbranched alkanes of at least 4 members (excludes halogenated alkanes) is 1. The zero-order valence-corrected chi connectivity index (χ0v) is 17.5. The lowest BCUT2D eigenvalue weighted by atomic mass is 10.1. The number of sulfone groups is 1. The number of hydrogen-bond acceptors (Lipinski definition) is 5. The summed E-state index contributed by atoms with van der Waals surface area (Å²) < 4.78 is 24.4. The molecule has 0 aromatic carbocycles. The zero-order chi connectivity index (χ0) is 18.6. The molecule has 0 aliphatic carbocycles. The van der Waals surface area contributed by atoms with Gasteiger partial charge in [0.1, 0.15) is 6.04 Å². The van der Waals surface area contributed by atoms with Crippen LogP contribution in [0.2, 0.25) is 0 Å². The molecule has 0 spiro atoms. The lowest BCUT2D eigenvalue weighted by molar-refractivity contribution is -0.134. The van der Waals surface area contributed by atoms with Crippen LogP contribution in [-0.2, 0) is 14.6 Å². The molecule has 2 amide bonds. The number of nitrogens with zero attached hydrogens (tertiary/aromatic N) is 1. The Morgan fingerprint density at radius 3 is 2.68 bits per heavy atom. The van der Waals surface area contributed by atoms with Crippen LogP contribution >= 0.6 is 27.3 Å². The van der Waals surface area contributed by atoms with E-state index in [1.807, 2.05) is 6.92 Å². The quantitative estimate of drug-likeness (QED) is 0.691. The maximum atomic E-state index is 12.8. The van der Waals surface area contributed by atoms with Crippen molar-refractivity contribution in [3.05, 3.63) is 20.8 Å². The first kappa shape index (κ1) is 20.4. The molecule has 1 aliphatic heterocycles. The summed E-state index contributed by atoms with van der Waals surface area (Å²) in [4.78, 5) is 27.2. The maximum Gasteiger partial charge on any atom is 0.262 e. The van der Waals surface area contributed by atoms with Crippen LogP contribution in [0.15, 0.2) is 15.9 Å². The molecule has 2 rings (SSSR count). The molecule has 1 aromatic heterocycles. The summed E-state index contributed by atoms with van der Waals surface area (Å²) in [6.07, 6.45) is 2.18. The van der Waals surface area contributed by atoms with E-state index >= 15 is 0 Å². The highest BCUT2D eigenvalue weighted by Gasteiger charge is 2.36. The van der Waals surface area contributed by atoms with Crippen LogP contribution in [0.25, 0.3) is 0 Å². The predicted molar refractivity (Wildman–Crippen MR) is 103 cm³/mol. The van der Waals surface area contributed by atoms with Gasteiger partial charge < -0.3 is 10.2 Å². The van der Waals surface area contributed by atoms with Gasteiger partial charge >= 0.3 is 0 Å². The van der Waals surface area contributed by atoms with Crippen LogP contribution in [0, 0.1) is 0 Å². The molecule has 0 bridgehead atoms. The Kier molecular flexibility index (Phi) is 7.04. The standard InChI is InChI=1S/C16H23BrN2O4S2/c1-3-4-8-19(12-7-9-25(22,23)10-12)16(21)11(2)18-15(20)13-5-6-14(17)24-13/h5-6,11-12H,3-4,7-10H2,1-2H3,(H,18,20). The Bertz CT molecular complexity index is 732. The lowest BCUT2D eigenvalue weighted by Crippen LogP contribution is -2.51. The van der Waals surface area contributed by atoms with Crippen molar-refractivity contribution in [1.82, 2.24) is 10.2 Å². The Morgan fingerprint density at radius 1 is 1.44 bits per heavy atom. The second-order valence-corrected chi connectivity index (χ2v) is 10.9. The van der Waals surface area contributed by atoms with Crippen LogP contribution in [0.1, 0.15) is 42.8 Å². The SMILES string of the molecule is CCCCN(C(=O)C(C)NC(=O)c1ccc(Br)s1)C1CCS(=O)(=O)C1. The monoisotopic (exact) mass is 450 g/mol. The van der Waals surface area contributed by atoms with E-state index in [-0.39, 0.29) is 29.4 Å². The Morgan fingerprint density at radius 2 is 2.16 bits per heavy atom. The van der Waals surface area contributed by atoms with E-state index in [0.29, 0.717) is 17.8 Å². The van der Waals surface area contributed by atoms with E-state index in [9.17, 15) is 18.0 Å². The van der Waals surface area contributed by atoms with Crippen molar-refractivity contribution in [1.29, 1.82) is 0 Å². The molecule has 25 heavy (non-hydrogen) atoms. The van der Waals surface area contributed by atoms with Crippen molar-refractivity contribution < 1.29 is 18.0 Å². The molecule has 9 heteroatoms. The smallest absolute Gasteiger partial charge is 0.262 e. The molecule has 1 aliphatic rings. The number of amides is 2. The van der Waals surface area contributed by atoms with Gasteiger partial charge in [-0.25, -0.2) is 8.42 Å². The molecular weight excluding hydrogens is 428 g/mol. The molecule has 2 heterocycles. The fourth-order valence-corrected chi connectivity index (χ4v) is 5.86. The topological polar surface area (TPSA) is 83.6 Å². The number of halogens is 1. The summed E-state index contributed by atoms with van der Waals surface area (Å²) in [6, 6.07) is 2.48. The fourth-order valence-electron chi connectivity index (χ4n) is 2.84. The van der Waals surface area contributed by atoms with Gasteiger partial charge in [0.05, 0.1) is 20.2 Å². The highest BCUT2D eigenvalue weighted by Crippen LogP contribution is 2.22. The largest absolute Gasteiger partial charge is 0.340 e. The second kappa shape index (κ2) is 8.64. The Labute approximate surface area is 161 Å². The van der Waals surface area contributed by atoms with Crippen LogP contribution in [0.5, 0.6) is 0 Å². The number of carbonyl (C=O) groups is 2. The molecule has 1 fully saturated rings. The predicted octanol–water partition coefficient (Wildman–Crippen LogP) is 2.44. The first-order chi connectivity index (χ1) is 11.7. The lowest BCUT2D eigenvalue weighted by Gasteiger charge is -2.31. The van der Waals surface area contributed by atoms with Gasteiger partial charge in [0.25, 0.3) is 5.91 Å². The normalized spacial score (nSPS) is 20.2. The highest BCUT2D eigenvalue weighted by molar-refractivity contribution is 9.11. The number of nitrogens with one attached hydrogen (secondary N) is 1. The van der Waals surface area contributed by atoms with Gasteiger partial charge in [-0.3, -0.25) is 9.59 Å². The summed E-state index contributed by atoms with van der Waals surface area (Å²) in [7, 11) is -3.07. The number of carbonyl (C=O) groups excluding carboxylic acids is 2. The van der Waals surface area contributed by atoms with Crippen molar-refractivity contribution in [2.45, 2.75) is 45.2 Å². The van der Waals surface area contributed by atoms with E-state index in [1.165, 1.54) is 11.3 Å². The fraction of sp³-hybridized carbons (Fsp3) is 0.625. The summed E-state index contributed by atoms with van der Waals surface area (Å²) >= 11 is 4.61. The Balaban J connectivity index is 2.05. The molecule has 1 saturated heterocycles. The molecule has 2 atom stereocenters. The van der Waals surface area contributed by atoms with E-state index in [2.05, 4.69) is 21.2 Å². The minimum Gasteiger partial charge on any atom is -0.340 e. The van der Waals surface area contributed by atoms with Gasteiger partial charge in [-0.1, -0.05) is 13.3 Å². The maximum absolute atomic E-state index is 12.8. The third-order valence-corrected chi connectivity index (χ3v) is 7.57. The molecule has 0 radical (unpaired) electrons. The van der Waals surface area contributed by atoms with Gasteiger partial charge in [0.15, 0.2) is 9.84 Å². The molecule has 1 aromatic rings. The van der Waals surface area contributed by atoms with Gasteiger partial charge in [0, 0.05) is 12.6 Å². The number of hydrogen-bond donors (Lipinski definition) is 1. The number of rotatable bonds is 7. The highest BCUT2D eigenvalue weighted by atomic mass is 79.9. The summed E-state index contributed by atoms with van der Waals surface area (Å²) in [6.45, 7) is 4.18. The van der Waals surface area contributed by atoms with Crippen molar-refractivity contribution in [3.63, 3.8) is 0 Å². The first-order valence-electron chi connectivity index (χ1n) is 8.30. The molecular formula is C16H23BrN2O4S2. The van der Waals surface area contributed by atoms with E-state index in [1.54, 1.807) is 24.0 Å². The molecule has 2 unspecified atom stereocenters. The third-order valence-electron chi connectivity index (χ3n) is 4.20. The van der Waals surface area contributed by atoms with E-state index < -0.39 is 15.9 Å². The van der Waals surface area contributed by atoms with Crippen LogP contribution in [-0.4, -0.2) is 55.3 Å². The third kappa shape index (κ3) is 5.52. The minimum atomic E-state index is -3.07. The van der Waals surface area contributed by atoms with Crippen molar-refractivity contribution >= 4 is 48.9 Å². The van der Waals surface area contributed by atoms with E-state index in [0.717, 1.165) is 16.6 Å². The van der Waals surface area contributed by atoms with Crippen LogP contribution < -0.4 is 5.32 Å². The van der Waals surface area contributed by atoms with Crippen molar-refractivity contribution in [2.24, 2.45) is 0 Å². The summed E-state index contributed by atoms with van der Waals surface area (Å²) in [5, 5.41) is 2.72. The van der Waals surface area contributed by atoms with Gasteiger partial charge in [-0.2, -0.15) is 0 Å². The van der Waals surface area contributed by atoms with Crippen LogP contribution in [0.3, 0.4) is 0 Å². The molecule has 0 saturated carbocycles. The van der Waals surface area contributed by atoms with Gasteiger partial charge in [-0.15, -0.1) is 11.3 Å². The van der Waals surface area contributed by atoms with Crippen molar-refractivity contribution in [2.75, 3.05) is 18.1 Å². The minimum absolute atomic E-state index is 0.0149. The van der Waals surface area contributed by atoms with Gasteiger partial charge in [0.2, 0.25) is 5.91 Å². The Hall–Kier alpha value is -0.930. The first-order valence-corrected chi connectivity index (χ1v) is 11.7. The molecule has 1 N–H and O–H groups in total. The zero-order valence-electron chi connectivity index (χ0n) is 14.3. The molecule has 140 valence electrons. The van der Waals surface area contributed by atoms with E-state index in [4.69, 9.17) is 0 Å². The van der Waals surface area contributed by atoms with Gasteiger partial charge in [-0.05, 0) is 47.8 Å². The second-order valence-electron chi connectivity index (χ2n) is 6.24. The average Bonchev–Trinajstić information content (AvgIpc) is 3.13.